The number of anilines is 1. The van der Waals surface area contributed by atoms with Gasteiger partial charge in [0.05, 0.1) is 10.5 Å². The number of carbonyl (C=O) groups is 1. The van der Waals surface area contributed by atoms with E-state index >= 15 is 0 Å². The van der Waals surface area contributed by atoms with Crippen LogP contribution in [0.15, 0.2) is 41.0 Å². The zero-order chi connectivity index (χ0) is 14.7. The standard InChI is InChI=1S/C12H7BrClN3O3/c13-11-8(2-1-3-9(11)17(19)20)12(18)16-10-6-7(14)4-5-15-10/h1-6H,(H,15,16,18). The van der Waals surface area contributed by atoms with Crippen molar-refractivity contribution in [2.75, 3.05) is 5.32 Å². The number of benzene rings is 1. The summed E-state index contributed by atoms with van der Waals surface area (Å²) >= 11 is 8.84. The van der Waals surface area contributed by atoms with Gasteiger partial charge in [-0.3, -0.25) is 14.9 Å². The molecular formula is C12H7BrClN3O3. The third kappa shape index (κ3) is 3.12. The Morgan fingerprint density at radius 2 is 2.15 bits per heavy atom. The fourth-order valence-electron chi connectivity index (χ4n) is 1.49. The van der Waals surface area contributed by atoms with Crippen LogP contribution in [0.1, 0.15) is 10.4 Å². The third-order valence-electron chi connectivity index (χ3n) is 2.38. The molecule has 2 rings (SSSR count). The van der Waals surface area contributed by atoms with Crippen LogP contribution >= 0.6 is 27.5 Å². The lowest BCUT2D eigenvalue weighted by atomic mass is 10.2. The number of carbonyl (C=O) groups excluding carboxylic acids is 1. The van der Waals surface area contributed by atoms with Gasteiger partial charge in [-0.05, 0) is 34.1 Å². The van der Waals surface area contributed by atoms with Crippen LogP contribution in [0.5, 0.6) is 0 Å². The van der Waals surface area contributed by atoms with Gasteiger partial charge in [-0.15, -0.1) is 0 Å². The first-order chi connectivity index (χ1) is 9.49. The average molecular weight is 357 g/mol. The number of aromatic nitrogens is 1. The van der Waals surface area contributed by atoms with Crippen LogP contribution in [0.25, 0.3) is 0 Å². The maximum absolute atomic E-state index is 12.1. The van der Waals surface area contributed by atoms with Crippen molar-refractivity contribution >= 4 is 44.9 Å². The van der Waals surface area contributed by atoms with Crippen LogP contribution < -0.4 is 5.32 Å². The van der Waals surface area contributed by atoms with Crippen LogP contribution in [0.3, 0.4) is 0 Å². The summed E-state index contributed by atoms with van der Waals surface area (Å²) in [5.74, 6) is -0.253. The molecule has 0 aliphatic heterocycles. The van der Waals surface area contributed by atoms with E-state index < -0.39 is 10.8 Å². The number of nitrogens with zero attached hydrogens (tertiary/aromatic N) is 2. The van der Waals surface area contributed by atoms with E-state index in [0.717, 1.165) is 0 Å². The van der Waals surface area contributed by atoms with Gasteiger partial charge in [-0.1, -0.05) is 17.7 Å². The molecule has 1 aromatic carbocycles. The maximum Gasteiger partial charge on any atom is 0.284 e. The Labute approximate surface area is 127 Å². The fourth-order valence-corrected chi connectivity index (χ4v) is 2.24. The molecule has 1 amide bonds. The number of nitro groups is 1. The molecule has 0 radical (unpaired) electrons. The third-order valence-corrected chi connectivity index (χ3v) is 3.45. The molecule has 6 nitrogen and oxygen atoms in total. The molecule has 0 unspecified atom stereocenters. The van der Waals surface area contributed by atoms with Crippen molar-refractivity contribution in [1.29, 1.82) is 0 Å². The Morgan fingerprint density at radius 3 is 2.80 bits per heavy atom. The summed E-state index contributed by atoms with van der Waals surface area (Å²) < 4.78 is 0.115. The van der Waals surface area contributed by atoms with Crippen molar-refractivity contribution in [3.8, 4) is 0 Å². The molecule has 20 heavy (non-hydrogen) atoms. The van der Waals surface area contributed by atoms with Gasteiger partial charge in [0.1, 0.15) is 10.3 Å². The molecule has 102 valence electrons. The molecular weight excluding hydrogens is 350 g/mol. The van der Waals surface area contributed by atoms with E-state index in [1.165, 1.54) is 30.5 Å². The summed E-state index contributed by atoms with van der Waals surface area (Å²) in [6.45, 7) is 0. The van der Waals surface area contributed by atoms with Crippen LogP contribution in [-0.2, 0) is 0 Å². The highest BCUT2D eigenvalue weighted by Gasteiger charge is 2.19. The fraction of sp³-hybridized carbons (Fsp3) is 0. The van der Waals surface area contributed by atoms with Gasteiger partial charge in [-0.25, -0.2) is 4.98 Å². The van der Waals surface area contributed by atoms with Crippen molar-refractivity contribution in [2.45, 2.75) is 0 Å². The highest BCUT2D eigenvalue weighted by molar-refractivity contribution is 9.10. The number of pyridine rings is 1. The van der Waals surface area contributed by atoms with E-state index in [1.807, 2.05) is 0 Å². The first-order valence-electron chi connectivity index (χ1n) is 5.35. The second-order valence-corrected chi connectivity index (χ2v) is 4.94. The Kier molecular flexibility index (Phi) is 4.31. The number of halogens is 2. The molecule has 1 N–H and O–H groups in total. The molecule has 0 aliphatic carbocycles. The minimum atomic E-state index is -0.571. The number of rotatable bonds is 3. The van der Waals surface area contributed by atoms with Gasteiger partial charge < -0.3 is 5.32 Å². The molecule has 0 bridgehead atoms. The lowest BCUT2D eigenvalue weighted by molar-refractivity contribution is -0.385. The number of nitrogens with one attached hydrogen (secondary N) is 1. The summed E-state index contributed by atoms with van der Waals surface area (Å²) in [4.78, 5) is 26.2. The minimum Gasteiger partial charge on any atom is -0.306 e. The predicted octanol–water partition coefficient (Wildman–Crippen LogP) is 3.66. The van der Waals surface area contributed by atoms with Gasteiger partial charge in [-0.2, -0.15) is 0 Å². The van der Waals surface area contributed by atoms with Crippen LogP contribution in [0.4, 0.5) is 11.5 Å². The van der Waals surface area contributed by atoms with Crippen LogP contribution in [0, 0.1) is 10.1 Å². The molecule has 0 spiro atoms. The Hall–Kier alpha value is -1.99. The molecule has 0 saturated carbocycles. The van der Waals surface area contributed by atoms with Gasteiger partial charge in [0.15, 0.2) is 0 Å². The van der Waals surface area contributed by atoms with Crippen molar-refractivity contribution < 1.29 is 9.72 Å². The quantitative estimate of drug-likeness (QED) is 0.672. The lowest BCUT2D eigenvalue weighted by Crippen LogP contribution is -2.14. The van der Waals surface area contributed by atoms with Crippen LogP contribution in [-0.4, -0.2) is 15.8 Å². The number of hydrogen-bond donors (Lipinski definition) is 1. The zero-order valence-electron chi connectivity index (χ0n) is 9.84. The highest BCUT2D eigenvalue weighted by Crippen LogP contribution is 2.28. The molecule has 0 saturated heterocycles. The van der Waals surface area contributed by atoms with Gasteiger partial charge in [0.25, 0.3) is 11.6 Å². The molecule has 2 aromatic rings. The van der Waals surface area contributed by atoms with Gasteiger partial charge in [0, 0.05) is 17.3 Å². The number of amides is 1. The van der Waals surface area contributed by atoms with Gasteiger partial charge >= 0.3 is 0 Å². The molecule has 1 heterocycles. The summed E-state index contributed by atoms with van der Waals surface area (Å²) in [7, 11) is 0. The Morgan fingerprint density at radius 1 is 1.40 bits per heavy atom. The van der Waals surface area contributed by atoms with Gasteiger partial charge in [0.2, 0.25) is 0 Å². The lowest BCUT2D eigenvalue weighted by Gasteiger charge is -2.06. The zero-order valence-corrected chi connectivity index (χ0v) is 12.2. The number of hydrogen-bond acceptors (Lipinski definition) is 4. The molecule has 8 heteroatoms. The SMILES string of the molecule is O=C(Nc1cc(Cl)ccn1)c1cccc([N+](=O)[O-])c1Br. The minimum absolute atomic E-state index is 0.115. The van der Waals surface area contributed by atoms with Crippen molar-refractivity contribution in [2.24, 2.45) is 0 Å². The van der Waals surface area contributed by atoms with Crippen molar-refractivity contribution in [1.82, 2.24) is 4.98 Å². The highest BCUT2D eigenvalue weighted by atomic mass is 79.9. The van der Waals surface area contributed by atoms with E-state index in [2.05, 4.69) is 26.2 Å². The Balaban J connectivity index is 2.30. The predicted molar refractivity (Wildman–Crippen MR) is 78.0 cm³/mol. The topological polar surface area (TPSA) is 85.1 Å². The first-order valence-corrected chi connectivity index (χ1v) is 6.52. The monoisotopic (exact) mass is 355 g/mol. The van der Waals surface area contributed by atoms with E-state index in [4.69, 9.17) is 11.6 Å². The Bertz CT molecular complexity index is 693. The van der Waals surface area contributed by atoms with E-state index in [-0.39, 0.29) is 21.5 Å². The summed E-state index contributed by atoms with van der Waals surface area (Å²) in [5, 5.41) is 13.8. The molecule has 0 fully saturated rings. The smallest absolute Gasteiger partial charge is 0.284 e. The van der Waals surface area contributed by atoms with Crippen LogP contribution in [0.2, 0.25) is 5.02 Å². The molecule has 0 atom stereocenters. The maximum atomic E-state index is 12.1. The normalized spacial score (nSPS) is 10.1. The van der Waals surface area contributed by atoms with Crippen molar-refractivity contribution in [3.63, 3.8) is 0 Å². The summed E-state index contributed by atoms with van der Waals surface area (Å²) in [5.41, 5.74) is -0.0438. The summed E-state index contributed by atoms with van der Waals surface area (Å²) in [6, 6.07) is 7.25. The second-order valence-electron chi connectivity index (χ2n) is 3.71. The van der Waals surface area contributed by atoms with Crippen molar-refractivity contribution in [3.05, 3.63) is 61.7 Å². The number of nitro benzene ring substituents is 1. The van der Waals surface area contributed by atoms with E-state index in [0.29, 0.717) is 5.02 Å². The summed E-state index contributed by atoms with van der Waals surface area (Å²) in [6.07, 6.45) is 1.44. The first kappa shape index (κ1) is 14.4. The van der Waals surface area contributed by atoms with E-state index in [1.54, 1.807) is 6.07 Å². The van der Waals surface area contributed by atoms with E-state index in [9.17, 15) is 14.9 Å². The molecule has 0 aliphatic rings. The molecule has 1 aromatic heterocycles. The second kappa shape index (κ2) is 5.98. The largest absolute Gasteiger partial charge is 0.306 e. The average Bonchev–Trinajstić information content (AvgIpc) is 2.38.